The summed E-state index contributed by atoms with van der Waals surface area (Å²) in [5.41, 5.74) is 2.70. The maximum absolute atomic E-state index is 12.9. The van der Waals surface area contributed by atoms with E-state index in [0.717, 1.165) is 25.7 Å². The van der Waals surface area contributed by atoms with Crippen LogP contribution in [0.2, 0.25) is 0 Å². The summed E-state index contributed by atoms with van der Waals surface area (Å²) < 4.78 is 0. The van der Waals surface area contributed by atoms with Crippen LogP contribution in [0, 0.1) is 0 Å². The van der Waals surface area contributed by atoms with E-state index in [4.69, 9.17) is 0 Å². The molecule has 2 amide bonds. The zero-order valence-electron chi connectivity index (χ0n) is 16.2. The van der Waals surface area contributed by atoms with Crippen LogP contribution in [0.5, 0.6) is 0 Å². The third-order valence-corrected chi connectivity index (χ3v) is 5.55. The van der Waals surface area contributed by atoms with E-state index in [1.165, 1.54) is 5.56 Å². The Bertz CT molecular complexity index is 780. The fourth-order valence-corrected chi connectivity index (χ4v) is 3.87. The van der Waals surface area contributed by atoms with Crippen molar-refractivity contribution in [3.63, 3.8) is 0 Å². The fraction of sp³-hybridized carbons (Fsp3) is 0.391. The van der Waals surface area contributed by atoms with Gasteiger partial charge in [-0.3, -0.25) is 9.59 Å². The topological polar surface area (TPSA) is 49.4 Å². The molecule has 0 aliphatic heterocycles. The highest BCUT2D eigenvalue weighted by Gasteiger charge is 2.27. The standard InChI is InChI=1S/C23H28N2O2/c1-3-22(26)24-20-11-7-10-19(16-20)23(27)25(2)21-14-12-18(13-15-21)17-8-5-4-6-9-17/h4-11,16,18,21H,3,12-15H2,1-2H3,(H,24,26). The summed E-state index contributed by atoms with van der Waals surface area (Å²) in [6, 6.07) is 18.1. The molecule has 1 aliphatic rings. The second kappa shape index (κ2) is 8.85. The lowest BCUT2D eigenvalue weighted by molar-refractivity contribution is -0.115. The van der Waals surface area contributed by atoms with Crippen LogP contribution in [0.15, 0.2) is 54.6 Å². The van der Waals surface area contributed by atoms with Crippen molar-refractivity contribution < 1.29 is 9.59 Å². The minimum atomic E-state index is -0.0489. The lowest BCUT2D eigenvalue weighted by Gasteiger charge is -2.35. The Balaban J connectivity index is 1.61. The van der Waals surface area contributed by atoms with Gasteiger partial charge >= 0.3 is 0 Å². The lowest BCUT2D eigenvalue weighted by atomic mass is 9.81. The molecule has 0 atom stereocenters. The quantitative estimate of drug-likeness (QED) is 0.826. The van der Waals surface area contributed by atoms with Gasteiger partial charge in [-0.1, -0.05) is 43.3 Å². The number of carbonyl (C=O) groups is 2. The molecule has 0 bridgehead atoms. The molecule has 0 radical (unpaired) electrons. The molecule has 1 saturated carbocycles. The molecule has 1 aliphatic carbocycles. The van der Waals surface area contributed by atoms with E-state index in [1.807, 2.05) is 37.1 Å². The van der Waals surface area contributed by atoms with Crippen molar-refractivity contribution in [2.45, 2.75) is 51.0 Å². The van der Waals surface area contributed by atoms with Gasteiger partial charge in [-0.25, -0.2) is 0 Å². The highest BCUT2D eigenvalue weighted by Crippen LogP contribution is 2.34. The van der Waals surface area contributed by atoms with Gasteiger partial charge in [0.15, 0.2) is 0 Å². The molecule has 0 heterocycles. The van der Waals surface area contributed by atoms with Crippen molar-refractivity contribution in [3.8, 4) is 0 Å². The number of hydrogen-bond acceptors (Lipinski definition) is 2. The van der Waals surface area contributed by atoms with Crippen LogP contribution >= 0.6 is 0 Å². The number of hydrogen-bond donors (Lipinski definition) is 1. The van der Waals surface area contributed by atoms with Crippen LogP contribution in [-0.2, 0) is 4.79 Å². The number of nitrogens with one attached hydrogen (secondary N) is 1. The molecule has 1 fully saturated rings. The van der Waals surface area contributed by atoms with Crippen molar-refractivity contribution in [3.05, 3.63) is 65.7 Å². The molecular weight excluding hydrogens is 336 g/mol. The van der Waals surface area contributed by atoms with E-state index in [9.17, 15) is 9.59 Å². The maximum atomic E-state index is 12.9. The van der Waals surface area contributed by atoms with E-state index >= 15 is 0 Å². The zero-order valence-corrected chi connectivity index (χ0v) is 16.2. The summed E-state index contributed by atoms with van der Waals surface area (Å²) in [5.74, 6) is 0.566. The van der Waals surface area contributed by atoms with Crippen molar-refractivity contribution in [1.82, 2.24) is 4.90 Å². The number of anilines is 1. The Labute approximate surface area is 161 Å². The van der Waals surface area contributed by atoms with Gasteiger partial charge in [0.05, 0.1) is 0 Å². The lowest BCUT2D eigenvalue weighted by Crippen LogP contribution is -2.39. The van der Waals surface area contributed by atoms with E-state index in [1.54, 1.807) is 6.07 Å². The largest absolute Gasteiger partial charge is 0.339 e. The molecular formula is C23H28N2O2. The monoisotopic (exact) mass is 364 g/mol. The molecule has 0 spiro atoms. The number of amides is 2. The molecule has 2 aromatic carbocycles. The highest BCUT2D eigenvalue weighted by molar-refractivity contribution is 5.97. The van der Waals surface area contributed by atoms with Crippen molar-refractivity contribution in [2.24, 2.45) is 0 Å². The van der Waals surface area contributed by atoms with Crippen LogP contribution in [0.4, 0.5) is 5.69 Å². The summed E-state index contributed by atoms with van der Waals surface area (Å²) in [7, 11) is 1.90. The second-order valence-electron chi connectivity index (χ2n) is 7.31. The van der Waals surface area contributed by atoms with E-state index in [2.05, 4.69) is 35.6 Å². The van der Waals surface area contributed by atoms with Crippen LogP contribution < -0.4 is 5.32 Å². The number of nitrogens with zero attached hydrogens (tertiary/aromatic N) is 1. The summed E-state index contributed by atoms with van der Waals surface area (Å²) >= 11 is 0. The molecule has 1 N–H and O–H groups in total. The summed E-state index contributed by atoms with van der Waals surface area (Å²) in [4.78, 5) is 26.4. The van der Waals surface area contributed by atoms with Crippen molar-refractivity contribution in [1.29, 1.82) is 0 Å². The van der Waals surface area contributed by atoms with E-state index < -0.39 is 0 Å². The first-order valence-electron chi connectivity index (χ1n) is 9.80. The Kier molecular flexibility index (Phi) is 6.28. The Morgan fingerprint density at radius 2 is 1.70 bits per heavy atom. The zero-order chi connectivity index (χ0) is 19.2. The fourth-order valence-electron chi connectivity index (χ4n) is 3.87. The Morgan fingerprint density at radius 1 is 1.00 bits per heavy atom. The van der Waals surface area contributed by atoms with Gasteiger partial charge < -0.3 is 10.2 Å². The average Bonchev–Trinajstić information content (AvgIpc) is 2.73. The molecule has 0 saturated heterocycles. The number of rotatable bonds is 5. The molecule has 2 aromatic rings. The minimum absolute atomic E-state index is 0.0192. The number of benzene rings is 2. The van der Waals surface area contributed by atoms with Gasteiger partial charge in [-0.2, -0.15) is 0 Å². The van der Waals surface area contributed by atoms with Crippen LogP contribution in [-0.4, -0.2) is 29.8 Å². The van der Waals surface area contributed by atoms with Crippen LogP contribution in [0.25, 0.3) is 0 Å². The smallest absolute Gasteiger partial charge is 0.253 e. The minimum Gasteiger partial charge on any atom is -0.339 e. The molecule has 3 rings (SSSR count). The summed E-state index contributed by atoms with van der Waals surface area (Å²) in [6.07, 6.45) is 4.68. The van der Waals surface area contributed by atoms with E-state index in [-0.39, 0.29) is 17.9 Å². The number of carbonyl (C=O) groups excluding carboxylic acids is 2. The van der Waals surface area contributed by atoms with Crippen LogP contribution in [0.3, 0.4) is 0 Å². The van der Waals surface area contributed by atoms with Gasteiger partial charge in [0.1, 0.15) is 0 Å². The normalized spacial score (nSPS) is 19.3. The highest BCUT2D eigenvalue weighted by atomic mass is 16.2. The predicted octanol–water partition coefficient (Wildman–Crippen LogP) is 4.83. The van der Waals surface area contributed by atoms with E-state index in [0.29, 0.717) is 23.6 Å². The van der Waals surface area contributed by atoms with Crippen molar-refractivity contribution in [2.75, 3.05) is 12.4 Å². The molecule has 142 valence electrons. The molecule has 0 aromatic heterocycles. The molecule has 27 heavy (non-hydrogen) atoms. The van der Waals surface area contributed by atoms with Gasteiger partial charge in [-0.15, -0.1) is 0 Å². The first kappa shape index (κ1) is 19.2. The van der Waals surface area contributed by atoms with Gasteiger partial charge in [0, 0.05) is 30.8 Å². The second-order valence-corrected chi connectivity index (χ2v) is 7.31. The molecule has 4 heteroatoms. The van der Waals surface area contributed by atoms with Crippen LogP contribution in [0.1, 0.15) is 60.9 Å². The molecule has 0 unspecified atom stereocenters. The maximum Gasteiger partial charge on any atom is 0.253 e. The average molecular weight is 364 g/mol. The Morgan fingerprint density at radius 3 is 2.37 bits per heavy atom. The third-order valence-electron chi connectivity index (χ3n) is 5.55. The Hall–Kier alpha value is -2.62. The van der Waals surface area contributed by atoms with Gasteiger partial charge in [-0.05, 0) is 55.4 Å². The molecule has 4 nitrogen and oxygen atoms in total. The first-order chi connectivity index (χ1) is 13.1. The summed E-state index contributed by atoms with van der Waals surface area (Å²) in [5, 5.41) is 2.82. The van der Waals surface area contributed by atoms with Gasteiger partial charge in [0.25, 0.3) is 5.91 Å². The summed E-state index contributed by atoms with van der Waals surface area (Å²) in [6.45, 7) is 1.81. The SMILES string of the molecule is CCC(=O)Nc1cccc(C(=O)N(C)C2CCC(c3ccccc3)CC2)c1. The third kappa shape index (κ3) is 4.76. The van der Waals surface area contributed by atoms with Crippen molar-refractivity contribution >= 4 is 17.5 Å². The van der Waals surface area contributed by atoms with Gasteiger partial charge in [0.2, 0.25) is 5.91 Å². The first-order valence-corrected chi connectivity index (χ1v) is 9.80. The predicted molar refractivity (Wildman–Crippen MR) is 109 cm³/mol.